The Morgan fingerprint density at radius 2 is 1.45 bits per heavy atom. The molecule has 0 bridgehead atoms. The fourth-order valence-corrected chi connectivity index (χ4v) is 5.80. The van der Waals surface area contributed by atoms with E-state index in [0.29, 0.717) is 42.5 Å². The van der Waals surface area contributed by atoms with Crippen molar-refractivity contribution in [3.8, 4) is 0 Å². The lowest BCUT2D eigenvalue weighted by Gasteiger charge is -2.36. The fourth-order valence-electron chi connectivity index (χ4n) is 4.51. The van der Waals surface area contributed by atoms with Crippen molar-refractivity contribution in [1.82, 2.24) is 4.90 Å². The number of anilines is 2. The van der Waals surface area contributed by atoms with Gasteiger partial charge in [0.05, 0.1) is 4.90 Å². The van der Waals surface area contributed by atoms with Crippen LogP contribution in [0.5, 0.6) is 0 Å². The Morgan fingerprint density at radius 1 is 0.789 bits per heavy atom. The third kappa shape index (κ3) is 5.82. The highest BCUT2D eigenvalue weighted by Crippen LogP contribution is 2.22. The molecule has 38 heavy (non-hydrogen) atoms. The maximum absolute atomic E-state index is 12.8. The van der Waals surface area contributed by atoms with Crippen LogP contribution >= 0.6 is 11.6 Å². The second kappa shape index (κ2) is 10.8. The molecular weight excluding hydrogens is 522 g/mol. The van der Waals surface area contributed by atoms with Gasteiger partial charge in [0.15, 0.2) is 9.84 Å². The maximum atomic E-state index is 12.8. The van der Waals surface area contributed by atoms with Gasteiger partial charge in [-0.3, -0.25) is 9.59 Å². The Labute approximate surface area is 226 Å². The molecule has 0 atom stereocenters. The monoisotopic (exact) mass is 547 g/mol. The molecule has 0 unspecified atom stereocenters. The number of benzene rings is 4. The number of sulfone groups is 1. The summed E-state index contributed by atoms with van der Waals surface area (Å²) in [7, 11) is -3.79. The van der Waals surface area contributed by atoms with Crippen LogP contribution in [0.15, 0.2) is 95.9 Å². The Balaban J connectivity index is 1.16. The summed E-state index contributed by atoms with van der Waals surface area (Å²) in [5.41, 5.74) is 2.10. The van der Waals surface area contributed by atoms with Gasteiger partial charge in [0.25, 0.3) is 5.91 Å². The predicted octanol–water partition coefficient (Wildman–Crippen LogP) is 4.87. The Bertz CT molecular complexity index is 1580. The topological polar surface area (TPSA) is 86.8 Å². The maximum Gasteiger partial charge on any atom is 0.253 e. The molecule has 0 saturated carbocycles. The van der Waals surface area contributed by atoms with Crippen LogP contribution < -0.4 is 10.2 Å². The second-order valence-corrected chi connectivity index (χ2v) is 11.6. The van der Waals surface area contributed by atoms with Crippen LogP contribution in [-0.4, -0.2) is 57.1 Å². The van der Waals surface area contributed by atoms with Crippen LogP contribution in [0.1, 0.15) is 10.4 Å². The summed E-state index contributed by atoms with van der Waals surface area (Å²) in [5.74, 6) is -1.25. The molecule has 4 aromatic rings. The summed E-state index contributed by atoms with van der Waals surface area (Å²) in [6.45, 7) is 2.53. The first-order valence-electron chi connectivity index (χ1n) is 12.2. The lowest BCUT2D eigenvalue weighted by atomic mass is 10.1. The minimum atomic E-state index is -3.79. The lowest BCUT2D eigenvalue weighted by Crippen LogP contribution is -2.48. The first-order chi connectivity index (χ1) is 18.3. The highest BCUT2D eigenvalue weighted by Gasteiger charge is 2.23. The van der Waals surface area contributed by atoms with E-state index < -0.39 is 21.5 Å². The van der Waals surface area contributed by atoms with E-state index in [1.54, 1.807) is 48.5 Å². The number of piperazine rings is 1. The highest BCUT2D eigenvalue weighted by atomic mass is 35.5. The summed E-state index contributed by atoms with van der Waals surface area (Å²) in [5, 5.41) is 5.02. The zero-order chi connectivity index (χ0) is 26.7. The number of fused-ring (bicyclic) bond motifs is 1. The van der Waals surface area contributed by atoms with E-state index in [1.165, 1.54) is 6.07 Å². The molecule has 0 aliphatic carbocycles. The Morgan fingerprint density at radius 3 is 2.13 bits per heavy atom. The van der Waals surface area contributed by atoms with E-state index >= 15 is 0 Å². The van der Waals surface area contributed by atoms with E-state index in [4.69, 9.17) is 11.6 Å². The smallest absolute Gasteiger partial charge is 0.253 e. The minimum absolute atomic E-state index is 0.0157. The molecule has 1 aliphatic rings. The summed E-state index contributed by atoms with van der Waals surface area (Å²) >= 11 is 5.92. The lowest BCUT2D eigenvalue weighted by molar-refractivity contribution is -0.113. The van der Waals surface area contributed by atoms with Gasteiger partial charge in [0, 0.05) is 48.1 Å². The molecule has 5 rings (SSSR count). The molecule has 194 valence electrons. The first kappa shape index (κ1) is 25.8. The van der Waals surface area contributed by atoms with Gasteiger partial charge in [-0.15, -0.1) is 0 Å². The molecule has 1 aliphatic heterocycles. The average Bonchev–Trinajstić information content (AvgIpc) is 2.93. The number of hydrogen-bond donors (Lipinski definition) is 1. The number of halogens is 1. The number of carbonyl (C=O) groups excluding carboxylic acids is 2. The molecule has 1 saturated heterocycles. The summed E-state index contributed by atoms with van der Waals surface area (Å²) < 4.78 is 25.6. The van der Waals surface area contributed by atoms with Crippen LogP contribution in [0, 0.1) is 0 Å². The van der Waals surface area contributed by atoms with Crippen molar-refractivity contribution >= 4 is 55.4 Å². The highest BCUT2D eigenvalue weighted by molar-refractivity contribution is 7.92. The van der Waals surface area contributed by atoms with Crippen LogP contribution in [0.3, 0.4) is 0 Å². The first-order valence-corrected chi connectivity index (χ1v) is 14.2. The van der Waals surface area contributed by atoms with E-state index in [9.17, 15) is 18.0 Å². The zero-order valence-electron chi connectivity index (χ0n) is 20.5. The van der Waals surface area contributed by atoms with Crippen LogP contribution in [0.4, 0.5) is 11.4 Å². The van der Waals surface area contributed by atoms with Gasteiger partial charge < -0.3 is 15.1 Å². The molecule has 0 aromatic heterocycles. The molecule has 2 amide bonds. The number of amides is 2. The largest absolute Gasteiger partial charge is 0.368 e. The second-order valence-electron chi connectivity index (χ2n) is 9.15. The van der Waals surface area contributed by atoms with Crippen LogP contribution in [0.25, 0.3) is 10.8 Å². The molecule has 0 spiro atoms. The molecule has 9 heteroatoms. The minimum Gasteiger partial charge on any atom is -0.368 e. The van der Waals surface area contributed by atoms with Gasteiger partial charge in [-0.1, -0.05) is 41.9 Å². The van der Waals surface area contributed by atoms with E-state index in [0.717, 1.165) is 16.5 Å². The fraction of sp³-hybridized carbons (Fsp3) is 0.172. The van der Waals surface area contributed by atoms with Crippen molar-refractivity contribution in [2.75, 3.05) is 42.1 Å². The zero-order valence-corrected chi connectivity index (χ0v) is 22.1. The summed E-state index contributed by atoms with van der Waals surface area (Å²) in [6.07, 6.45) is 0. The van der Waals surface area contributed by atoms with Gasteiger partial charge in [-0.05, 0) is 71.4 Å². The third-order valence-corrected chi connectivity index (χ3v) is 8.44. The van der Waals surface area contributed by atoms with Crippen molar-refractivity contribution in [2.45, 2.75) is 4.90 Å². The normalized spacial score (nSPS) is 13.9. The molecule has 7 nitrogen and oxygen atoms in total. The van der Waals surface area contributed by atoms with Crippen molar-refractivity contribution in [3.63, 3.8) is 0 Å². The van der Waals surface area contributed by atoms with Crippen LogP contribution in [-0.2, 0) is 14.6 Å². The average molecular weight is 548 g/mol. The number of nitrogens with one attached hydrogen (secondary N) is 1. The third-order valence-electron chi connectivity index (χ3n) is 6.58. The van der Waals surface area contributed by atoms with Gasteiger partial charge in [-0.2, -0.15) is 0 Å². The molecule has 4 aromatic carbocycles. The number of nitrogens with zero attached hydrogens (tertiary/aromatic N) is 2. The van der Waals surface area contributed by atoms with E-state index in [1.807, 2.05) is 41.3 Å². The number of hydrogen-bond acceptors (Lipinski definition) is 5. The van der Waals surface area contributed by atoms with Gasteiger partial charge in [0.1, 0.15) is 5.75 Å². The molecule has 1 N–H and O–H groups in total. The van der Waals surface area contributed by atoms with Gasteiger partial charge in [0.2, 0.25) is 5.91 Å². The summed E-state index contributed by atoms with van der Waals surface area (Å²) in [4.78, 5) is 29.4. The summed E-state index contributed by atoms with van der Waals surface area (Å²) in [6, 6.07) is 26.5. The van der Waals surface area contributed by atoms with E-state index in [2.05, 4.69) is 10.2 Å². The number of carbonyl (C=O) groups is 2. The molecular formula is C29H26ClN3O4S. The molecule has 0 radical (unpaired) electrons. The van der Waals surface area contributed by atoms with Crippen molar-refractivity contribution in [1.29, 1.82) is 0 Å². The standard InChI is InChI=1S/C29H26ClN3O4S/c30-24-8-5-22(6-9-24)29(35)33-17-15-32(16-18-33)26-12-10-25(11-13-26)31-28(34)20-38(36,37)27-14-7-21-3-1-2-4-23(21)19-27/h1-14,19H,15-18,20H2,(H,31,34). The van der Waals surface area contributed by atoms with Crippen LogP contribution in [0.2, 0.25) is 5.02 Å². The van der Waals surface area contributed by atoms with Gasteiger partial charge in [-0.25, -0.2) is 8.42 Å². The van der Waals surface area contributed by atoms with Gasteiger partial charge >= 0.3 is 0 Å². The van der Waals surface area contributed by atoms with E-state index in [-0.39, 0.29) is 10.8 Å². The molecule has 1 fully saturated rings. The van der Waals surface area contributed by atoms with Crippen molar-refractivity contribution in [3.05, 3.63) is 102 Å². The predicted molar refractivity (Wildman–Crippen MR) is 151 cm³/mol. The molecule has 1 heterocycles. The Hall–Kier alpha value is -3.88. The SMILES string of the molecule is O=C(CS(=O)(=O)c1ccc2ccccc2c1)Nc1ccc(N2CCN(C(=O)c3ccc(Cl)cc3)CC2)cc1. The van der Waals surface area contributed by atoms with Crippen molar-refractivity contribution < 1.29 is 18.0 Å². The Kier molecular flexibility index (Phi) is 7.35. The number of rotatable bonds is 6. The van der Waals surface area contributed by atoms with Crippen molar-refractivity contribution in [2.24, 2.45) is 0 Å². The quantitative estimate of drug-likeness (QED) is 0.372.